The van der Waals surface area contributed by atoms with Gasteiger partial charge in [-0.15, -0.1) is 0 Å². The normalized spacial score (nSPS) is 12.7. The number of sulfonamides is 1. The first-order valence-corrected chi connectivity index (χ1v) is 9.67. The molecule has 8 nitrogen and oxygen atoms in total. The van der Waals surface area contributed by atoms with Gasteiger partial charge < -0.3 is 14.6 Å². The molecule has 0 spiro atoms. The molecule has 9 heteroatoms. The van der Waals surface area contributed by atoms with Gasteiger partial charge in [0.2, 0.25) is 15.9 Å². The monoisotopic (exact) mass is 373 g/mol. The minimum Gasteiger partial charge on any atom is -0.462 e. The second kappa shape index (κ2) is 8.48. The number of amides is 1. The molecule has 1 rings (SSSR count). The second-order valence-corrected chi connectivity index (χ2v) is 7.56. The molecule has 1 heterocycles. The van der Waals surface area contributed by atoms with E-state index in [9.17, 15) is 18.0 Å². The number of carbonyl (C=O) groups is 2. The Kier molecular flexibility index (Phi) is 7.18. The zero-order valence-corrected chi connectivity index (χ0v) is 16.4. The summed E-state index contributed by atoms with van der Waals surface area (Å²) in [5.41, 5.74) is 0.882. The van der Waals surface area contributed by atoms with Crippen LogP contribution in [-0.2, 0) is 26.6 Å². The standard InChI is InChI=1S/C16H27N3O5S/c1-7-10(3)18-13(20)9-17-25(22,23)15-12(5)19(6)11(4)14(15)16(21)24-8-2/h10,17H,7-9H2,1-6H3,(H,18,20). The topological polar surface area (TPSA) is 106 Å². The molecule has 0 aliphatic rings. The predicted octanol–water partition coefficient (Wildman–Crippen LogP) is 1.01. The van der Waals surface area contributed by atoms with Crippen molar-refractivity contribution in [1.82, 2.24) is 14.6 Å². The molecule has 1 aromatic rings. The van der Waals surface area contributed by atoms with Gasteiger partial charge in [-0.3, -0.25) is 4.79 Å². The minimum absolute atomic E-state index is 0.00307. The first-order valence-electron chi connectivity index (χ1n) is 8.18. The molecule has 2 N–H and O–H groups in total. The van der Waals surface area contributed by atoms with Gasteiger partial charge in [0.25, 0.3) is 0 Å². The molecule has 1 aromatic heterocycles. The van der Waals surface area contributed by atoms with Gasteiger partial charge in [-0.05, 0) is 34.1 Å². The van der Waals surface area contributed by atoms with Gasteiger partial charge in [0.05, 0.1) is 13.2 Å². The lowest BCUT2D eigenvalue weighted by molar-refractivity contribution is -0.120. The number of hydrogen-bond donors (Lipinski definition) is 2. The highest BCUT2D eigenvalue weighted by Gasteiger charge is 2.31. The molecule has 0 bridgehead atoms. The highest BCUT2D eigenvalue weighted by Crippen LogP contribution is 2.26. The Labute approximate surface area is 149 Å². The van der Waals surface area contributed by atoms with Crippen LogP contribution in [0.1, 0.15) is 48.9 Å². The summed E-state index contributed by atoms with van der Waals surface area (Å²) in [7, 11) is -2.39. The number of nitrogens with zero attached hydrogens (tertiary/aromatic N) is 1. The third kappa shape index (κ3) is 4.82. The predicted molar refractivity (Wildman–Crippen MR) is 93.9 cm³/mol. The van der Waals surface area contributed by atoms with Crippen LogP contribution in [0.5, 0.6) is 0 Å². The molecule has 1 unspecified atom stereocenters. The number of aromatic nitrogens is 1. The molecule has 1 atom stereocenters. The van der Waals surface area contributed by atoms with Crippen LogP contribution in [0.2, 0.25) is 0 Å². The van der Waals surface area contributed by atoms with Crippen LogP contribution in [0.15, 0.2) is 4.90 Å². The average Bonchev–Trinajstić information content (AvgIpc) is 2.78. The van der Waals surface area contributed by atoms with Crippen molar-refractivity contribution < 1.29 is 22.7 Å². The van der Waals surface area contributed by atoms with Gasteiger partial charge in [-0.2, -0.15) is 0 Å². The van der Waals surface area contributed by atoms with E-state index in [2.05, 4.69) is 10.0 Å². The lowest BCUT2D eigenvalue weighted by atomic mass is 10.2. The fourth-order valence-corrected chi connectivity index (χ4v) is 3.84. The fourth-order valence-electron chi connectivity index (χ4n) is 2.35. The van der Waals surface area contributed by atoms with Crippen molar-refractivity contribution >= 4 is 21.9 Å². The minimum atomic E-state index is -4.06. The summed E-state index contributed by atoms with van der Waals surface area (Å²) in [6, 6.07) is -0.0483. The summed E-state index contributed by atoms with van der Waals surface area (Å²) >= 11 is 0. The van der Waals surface area contributed by atoms with Gasteiger partial charge in [0.1, 0.15) is 10.5 Å². The lowest BCUT2D eigenvalue weighted by Gasteiger charge is -2.13. The molecule has 0 saturated heterocycles. The summed E-state index contributed by atoms with van der Waals surface area (Å²) < 4.78 is 34.2. The number of hydrogen-bond acceptors (Lipinski definition) is 5. The van der Waals surface area contributed by atoms with E-state index >= 15 is 0 Å². The molecule has 25 heavy (non-hydrogen) atoms. The largest absolute Gasteiger partial charge is 0.462 e. The number of carbonyl (C=O) groups excluding carboxylic acids is 2. The van der Waals surface area contributed by atoms with Crippen LogP contribution in [0.25, 0.3) is 0 Å². The van der Waals surface area contributed by atoms with E-state index in [0.717, 1.165) is 6.42 Å². The van der Waals surface area contributed by atoms with Crippen molar-refractivity contribution in [2.45, 2.75) is 52.0 Å². The summed E-state index contributed by atoms with van der Waals surface area (Å²) in [4.78, 5) is 23.9. The van der Waals surface area contributed by atoms with E-state index < -0.39 is 28.4 Å². The quantitative estimate of drug-likeness (QED) is 0.662. The van der Waals surface area contributed by atoms with Crippen LogP contribution in [0.4, 0.5) is 0 Å². The Hall–Kier alpha value is -1.87. The SMILES string of the molecule is CCOC(=O)c1c(S(=O)(=O)NCC(=O)NC(C)CC)c(C)n(C)c1C. The Bertz CT molecular complexity index is 752. The van der Waals surface area contributed by atoms with Gasteiger partial charge in [0.15, 0.2) is 0 Å². The maximum atomic E-state index is 12.7. The third-order valence-electron chi connectivity index (χ3n) is 4.11. The Morgan fingerprint density at radius 2 is 1.80 bits per heavy atom. The van der Waals surface area contributed by atoms with Gasteiger partial charge >= 0.3 is 5.97 Å². The Morgan fingerprint density at radius 3 is 2.32 bits per heavy atom. The molecule has 0 aromatic carbocycles. The van der Waals surface area contributed by atoms with Crippen molar-refractivity contribution in [3.05, 3.63) is 17.0 Å². The van der Waals surface area contributed by atoms with Gasteiger partial charge in [0, 0.05) is 24.5 Å². The molecule has 0 aliphatic carbocycles. The van der Waals surface area contributed by atoms with E-state index in [4.69, 9.17) is 4.74 Å². The maximum Gasteiger partial charge on any atom is 0.341 e. The first-order chi connectivity index (χ1) is 11.6. The van der Waals surface area contributed by atoms with E-state index in [1.54, 1.807) is 32.4 Å². The van der Waals surface area contributed by atoms with Crippen LogP contribution < -0.4 is 10.0 Å². The molecule has 1 amide bonds. The average molecular weight is 373 g/mol. The summed E-state index contributed by atoms with van der Waals surface area (Å²) in [5, 5.41) is 2.68. The number of esters is 1. The summed E-state index contributed by atoms with van der Waals surface area (Å²) in [6.45, 7) is 8.37. The van der Waals surface area contributed by atoms with Crippen molar-refractivity contribution in [3.63, 3.8) is 0 Å². The zero-order valence-electron chi connectivity index (χ0n) is 15.6. The zero-order chi connectivity index (χ0) is 19.4. The molecule has 0 aliphatic heterocycles. The highest BCUT2D eigenvalue weighted by atomic mass is 32.2. The van der Waals surface area contributed by atoms with Crippen molar-refractivity contribution in [3.8, 4) is 0 Å². The van der Waals surface area contributed by atoms with Crippen molar-refractivity contribution in [2.24, 2.45) is 7.05 Å². The molecular formula is C16H27N3O5S. The molecular weight excluding hydrogens is 346 g/mol. The van der Waals surface area contributed by atoms with E-state index in [-0.39, 0.29) is 23.1 Å². The molecule has 0 fully saturated rings. The third-order valence-corrected chi connectivity index (χ3v) is 5.68. The first kappa shape index (κ1) is 21.2. The lowest BCUT2D eigenvalue weighted by Crippen LogP contribution is -2.40. The van der Waals surface area contributed by atoms with E-state index in [1.165, 1.54) is 0 Å². The molecule has 0 saturated carbocycles. The number of ether oxygens (including phenoxy) is 1. The summed E-state index contributed by atoms with van der Waals surface area (Å²) in [6.07, 6.45) is 0.739. The maximum absolute atomic E-state index is 12.7. The van der Waals surface area contributed by atoms with E-state index in [0.29, 0.717) is 11.4 Å². The molecule has 142 valence electrons. The van der Waals surface area contributed by atoms with Crippen molar-refractivity contribution in [2.75, 3.05) is 13.2 Å². The van der Waals surface area contributed by atoms with Gasteiger partial charge in [-0.25, -0.2) is 17.9 Å². The summed E-state index contributed by atoms with van der Waals surface area (Å²) in [5.74, 6) is -1.13. The van der Waals surface area contributed by atoms with Crippen LogP contribution in [0, 0.1) is 13.8 Å². The van der Waals surface area contributed by atoms with Crippen LogP contribution >= 0.6 is 0 Å². The van der Waals surface area contributed by atoms with Crippen LogP contribution in [0.3, 0.4) is 0 Å². The Morgan fingerprint density at radius 1 is 1.20 bits per heavy atom. The molecule has 0 radical (unpaired) electrons. The second-order valence-electron chi connectivity index (χ2n) is 5.86. The number of rotatable bonds is 8. The van der Waals surface area contributed by atoms with E-state index in [1.807, 2.05) is 13.8 Å². The smallest absolute Gasteiger partial charge is 0.341 e. The highest BCUT2D eigenvalue weighted by molar-refractivity contribution is 7.89. The fraction of sp³-hybridized carbons (Fsp3) is 0.625. The Balaban J connectivity index is 3.15. The van der Waals surface area contributed by atoms with Crippen molar-refractivity contribution in [1.29, 1.82) is 0 Å². The number of nitrogens with one attached hydrogen (secondary N) is 2. The van der Waals surface area contributed by atoms with Gasteiger partial charge in [-0.1, -0.05) is 6.92 Å². The van der Waals surface area contributed by atoms with Crippen LogP contribution in [-0.4, -0.2) is 44.1 Å².